The summed E-state index contributed by atoms with van der Waals surface area (Å²) in [6.45, 7) is 2.76. The Kier molecular flexibility index (Phi) is 6.18. The monoisotopic (exact) mass is 252 g/mol. The number of amides is 1. The summed E-state index contributed by atoms with van der Waals surface area (Å²) in [7, 11) is 1.58. The summed E-state index contributed by atoms with van der Waals surface area (Å²) in [5.74, 6) is 0.583. The summed E-state index contributed by atoms with van der Waals surface area (Å²) in [4.78, 5) is 11.8. The van der Waals surface area contributed by atoms with Crippen LogP contribution in [0.4, 0.5) is 5.69 Å². The van der Waals surface area contributed by atoms with Crippen molar-refractivity contribution in [3.63, 3.8) is 0 Å². The van der Waals surface area contributed by atoms with E-state index >= 15 is 0 Å². The summed E-state index contributed by atoms with van der Waals surface area (Å²) in [5.41, 5.74) is 6.22. The summed E-state index contributed by atoms with van der Waals surface area (Å²) < 4.78 is 10.4. The molecule has 0 aliphatic rings. The van der Waals surface area contributed by atoms with Gasteiger partial charge in [-0.1, -0.05) is 6.07 Å². The summed E-state index contributed by atoms with van der Waals surface area (Å²) in [5, 5.41) is 2.79. The zero-order chi connectivity index (χ0) is 13.4. The number of anilines is 1. The Morgan fingerprint density at radius 3 is 2.89 bits per heavy atom. The molecule has 0 aromatic heterocycles. The van der Waals surface area contributed by atoms with Gasteiger partial charge in [0.1, 0.15) is 5.75 Å². The standard InChI is InChI=1S/C13H20N2O3/c1-3-18-12(9-14)8-13(16)15-10-5-4-6-11(7-10)17-2/h4-7,12H,3,8-9,14H2,1-2H3,(H,15,16). The predicted molar refractivity (Wildman–Crippen MR) is 70.7 cm³/mol. The van der Waals surface area contributed by atoms with Crippen molar-refractivity contribution >= 4 is 11.6 Å². The highest BCUT2D eigenvalue weighted by molar-refractivity contribution is 5.91. The highest BCUT2D eigenvalue weighted by Crippen LogP contribution is 2.17. The molecular formula is C13H20N2O3. The zero-order valence-corrected chi connectivity index (χ0v) is 10.8. The number of nitrogens with two attached hydrogens (primary N) is 1. The minimum Gasteiger partial charge on any atom is -0.497 e. The number of methoxy groups -OCH3 is 1. The summed E-state index contributed by atoms with van der Waals surface area (Å²) >= 11 is 0. The van der Waals surface area contributed by atoms with Crippen molar-refractivity contribution in [1.82, 2.24) is 0 Å². The first kappa shape index (κ1) is 14.5. The molecule has 0 bridgehead atoms. The molecule has 0 aliphatic heterocycles. The maximum absolute atomic E-state index is 11.8. The van der Waals surface area contributed by atoms with E-state index < -0.39 is 0 Å². The van der Waals surface area contributed by atoms with E-state index in [-0.39, 0.29) is 18.4 Å². The third-order valence-corrected chi connectivity index (χ3v) is 2.43. The largest absolute Gasteiger partial charge is 0.497 e. The van der Waals surface area contributed by atoms with Gasteiger partial charge in [-0.2, -0.15) is 0 Å². The van der Waals surface area contributed by atoms with E-state index in [0.29, 0.717) is 24.6 Å². The van der Waals surface area contributed by atoms with Gasteiger partial charge in [0.25, 0.3) is 0 Å². The van der Waals surface area contributed by atoms with Crippen molar-refractivity contribution in [2.45, 2.75) is 19.4 Å². The third kappa shape index (κ3) is 4.73. The van der Waals surface area contributed by atoms with Crippen LogP contribution in [-0.4, -0.2) is 32.3 Å². The smallest absolute Gasteiger partial charge is 0.227 e. The van der Waals surface area contributed by atoms with Crippen LogP contribution < -0.4 is 15.8 Å². The second-order valence-corrected chi connectivity index (χ2v) is 3.80. The Balaban J connectivity index is 2.52. The molecular weight excluding hydrogens is 232 g/mol. The quantitative estimate of drug-likeness (QED) is 0.769. The molecule has 0 aliphatic carbocycles. The SMILES string of the molecule is CCOC(CN)CC(=O)Nc1cccc(OC)c1. The van der Waals surface area contributed by atoms with E-state index in [0.717, 1.165) is 0 Å². The highest BCUT2D eigenvalue weighted by Gasteiger charge is 2.12. The van der Waals surface area contributed by atoms with E-state index in [2.05, 4.69) is 5.32 Å². The number of ether oxygens (including phenoxy) is 2. The number of hydrogen-bond donors (Lipinski definition) is 2. The number of carbonyl (C=O) groups excluding carboxylic acids is 1. The molecule has 0 saturated heterocycles. The molecule has 5 nitrogen and oxygen atoms in total. The van der Waals surface area contributed by atoms with Gasteiger partial charge in [-0.25, -0.2) is 0 Å². The number of benzene rings is 1. The van der Waals surface area contributed by atoms with Crippen LogP contribution in [0.3, 0.4) is 0 Å². The van der Waals surface area contributed by atoms with Crippen LogP contribution in [0.15, 0.2) is 24.3 Å². The molecule has 0 fully saturated rings. The molecule has 0 saturated carbocycles. The number of rotatable bonds is 7. The van der Waals surface area contributed by atoms with Crippen LogP contribution in [-0.2, 0) is 9.53 Å². The van der Waals surface area contributed by atoms with Crippen molar-refractivity contribution in [3.8, 4) is 5.75 Å². The molecule has 1 amide bonds. The van der Waals surface area contributed by atoms with Crippen LogP contribution in [0.25, 0.3) is 0 Å². The summed E-state index contributed by atoms with van der Waals surface area (Å²) in [6.07, 6.45) is 0.0160. The van der Waals surface area contributed by atoms with E-state index in [9.17, 15) is 4.79 Å². The molecule has 0 spiro atoms. The van der Waals surface area contributed by atoms with Crippen molar-refractivity contribution < 1.29 is 14.3 Å². The predicted octanol–water partition coefficient (Wildman–Crippen LogP) is 1.39. The Morgan fingerprint density at radius 2 is 2.28 bits per heavy atom. The molecule has 0 radical (unpaired) electrons. The zero-order valence-electron chi connectivity index (χ0n) is 10.8. The molecule has 3 N–H and O–H groups in total. The Morgan fingerprint density at radius 1 is 1.50 bits per heavy atom. The topological polar surface area (TPSA) is 73.6 Å². The molecule has 1 aromatic carbocycles. The van der Waals surface area contributed by atoms with E-state index in [1.165, 1.54) is 0 Å². The number of hydrogen-bond acceptors (Lipinski definition) is 4. The van der Waals surface area contributed by atoms with Gasteiger partial charge in [-0.3, -0.25) is 4.79 Å². The van der Waals surface area contributed by atoms with Gasteiger partial charge in [0.15, 0.2) is 0 Å². The normalized spacial score (nSPS) is 11.9. The number of carbonyl (C=O) groups is 1. The van der Waals surface area contributed by atoms with Gasteiger partial charge in [-0.15, -0.1) is 0 Å². The number of nitrogens with one attached hydrogen (secondary N) is 1. The summed E-state index contributed by atoms with van der Waals surface area (Å²) in [6, 6.07) is 7.20. The maximum Gasteiger partial charge on any atom is 0.227 e. The van der Waals surface area contributed by atoms with Crippen LogP contribution in [0, 0.1) is 0 Å². The third-order valence-electron chi connectivity index (χ3n) is 2.43. The maximum atomic E-state index is 11.8. The van der Waals surface area contributed by atoms with Crippen molar-refractivity contribution in [1.29, 1.82) is 0 Å². The second-order valence-electron chi connectivity index (χ2n) is 3.80. The molecule has 1 rings (SSSR count). The minimum atomic E-state index is -0.236. The van der Waals surface area contributed by atoms with Gasteiger partial charge < -0.3 is 20.5 Å². The molecule has 1 aromatic rings. The molecule has 100 valence electrons. The fraction of sp³-hybridized carbons (Fsp3) is 0.462. The Labute approximate surface area is 107 Å². The Bertz CT molecular complexity index is 382. The van der Waals surface area contributed by atoms with Crippen LogP contribution in [0.1, 0.15) is 13.3 Å². The molecule has 18 heavy (non-hydrogen) atoms. The van der Waals surface area contributed by atoms with Gasteiger partial charge in [0, 0.05) is 24.9 Å². The van der Waals surface area contributed by atoms with E-state index in [4.69, 9.17) is 15.2 Å². The lowest BCUT2D eigenvalue weighted by Crippen LogP contribution is -2.29. The average Bonchev–Trinajstić information content (AvgIpc) is 2.38. The lowest BCUT2D eigenvalue weighted by atomic mass is 10.2. The van der Waals surface area contributed by atoms with Gasteiger partial charge in [0.05, 0.1) is 19.6 Å². The van der Waals surface area contributed by atoms with Crippen LogP contribution in [0.5, 0.6) is 5.75 Å². The van der Waals surface area contributed by atoms with Crippen LogP contribution in [0.2, 0.25) is 0 Å². The lowest BCUT2D eigenvalue weighted by molar-refractivity contribution is -0.118. The minimum absolute atomic E-state index is 0.118. The average molecular weight is 252 g/mol. The first-order valence-electron chi connectivity index (χ1n) is 5.95. The molecule has 1 unspecified atom stereocenters. The second kappa shape index (κ2) is 7.68. The van der Waals surface area contributed by atoms with Crippen LogP contribution >= 0.6 is 0 Å². The van der Waals surface area contributed by atoms with Crippen molar-refractivity contribution in [2.24, 2.45) is 5.73 Å². The highest BCUT2D eigenvalue weighted by atomic mass is 16.5. The molecule has 5 heteroatoms. The fourth-order valence-electron chi connectivity index (χ4n) is 1.57. The molecule has 0 heterocycles. The van der Waals surface area contributed by atoms with Crippen molar-refractivity contribution in [2.75, 3.05) is 25.6 Å². The van der Waals surface area contributed by atoms with Crippen molar-refractivity contribution in [3.05, 3.63) is 24.3 Å². The van der Waals surface area contributed by atoms with Gasteiger partial charge >= 0.3 is 0 Å². The van der Waals surface area contributed by atoms with E-state index in [1.54, 1.807) is 19.2 Å². The Hall–Kier alpha value is -1.59. The fourth-order valence-corrected chi connectivity index (χ4v) is 1.57. The van der Waals surface area contributed by atoms with E-state index in [1.807, 2.05) is 19.1 Å². The van der Waals surface area contributed by atoms with Gasteiger partial charge in [-0.05, 0) is 19.1 Å². The molecule has 1 atom stereocenters. The lowest BCUT2D eigenvalue weighted by Gasteiger charge is -2.14. The first-order valence-corrected chi connectivity index (χ1v) is 5.95. The first-order chi connectivity index (χ1) is 8.69. The van der Waals surface area contributed by atoms with Gasteiger partial charge in [0.2, 0.25) is 5.91 Å².